The topological polar surface area (TPSA) is 92.8 Å². The van der Waals surface area contributed by atoms with Gasteiger partial charge in [0.2, 0.25) is 0 Å². The molecule has 2 aliphatic heterocycles. The summed E-state index contributed by atoms with van der Waals surface area (Å²) < 4.78 is 56.8. The number of ether oxygens (including phenoxy) is 1. The molecule has 3 unspecified atom stereocenters. The average molecular weight is 326 g/mol. The van der Waals surface area contributed by atoms with Crippen LogP contribution in [-0.2, 0) is 24.8 Å². The molecule has 0 bridgehead atoms. The molecule has 2 aliphatic rings. The highest BCUT2D eigenvalue weighted by Gasteiger charge is 2.41. The zero-order chi connectivity index (χ0) is 15.0. The molecular weight excluding hydrogens is 304 g/mol. The van der Waals surface area contributed by atoms with Gasteiger partial charge in [0.1, 0.15) is 0 Å². The van der Waals surface area contributed by atoms with E-state index in [2.05, 4.69) is 4.72 Å². The van der Waals surface area contributed by atoms with Crippen molar-refractivity contribution < 1.29 is 21.6 Å². The van der Waals surface area contributed by atoms with E-state index in [1.807, 2.05) is 6.92 Å². The number of hydrogen-bond acceptors (Lipinski definition) is 5. The van der Waals surface area contributed by atoms with Crippen LogP contribution in [0.4, 0.5) is 0 Å². The second-order valence-electron chi connectivity index (χ2n) is 5.69. The summed E-state index contributed by atoms with van der Waals surface area (Å²) in [5.74, 6) is -0.00726. The molecule has 0 aromatic carbocycles. The number of nitrogens with zero attached hydrogens (tertiary/aromatic N) is 1. The Balaban J connectivity index is 2.08. The number of piperidine rings is 1. The third-order valence-electron chi connectivity index (χ3n) is 3.86. The number of nitrogens with one attached hydrogen (secondary N) is 1. The summed E-state index contributed by atoms with van der Waals surface area (Å²) in [7, 11) is -5.50. The average Bonchev–Trinajstić information content (AvgIpc) is 2.63. The Morgan fingerprint density at radius 2 is 2.00 bits per heavy atom. The molecule has 0 radical (unpaired) electrons. The molecule has 7 nitrogen and oxygen atoms in total. The van der Waals surface area contributed by atoms with Crippen LogP contribution in [-0.4, -0.2) is 65.0 Å². The summed E-state index contributed by atoms with van der Waals surface area (Å²) in [6.45, 7) is 2.98. The molecule has 0 aromatic rings. The van der Waals surface area contributed by atoms with Gasteiger partial charge < -0.3 is 4.74 Å². The molecule has 2 heterocycles. The molecule has 2 rings (SSSR count). The fourth-order valence-corrected chi connectivity index (χ4v) is 6.33. The van der Waals surface area contributed by atoms with E-state index in [9.17, 15) is 16.8 Å². The third-order valence-corrected chi connectivity index (χ3v) is 7.18. The summed E-state index contributed by atoms with van der Waals surface area (Å²) in [6.07, 6.45) is 1.24. The summed E-state index contributed by atoms with van der Waals surface area (Å²) in [6, 6.07) is -0.702. The molecule has 3 atom stereocenters. The molecule has 0 aliphatic carbocycles. The van der Waals surface area contributed by atoms with Gasteiger partial charge in [-0.2, -0.15) is 17.4 Å². The van der Waals surface area contributed by atoms with Gasteiger partial charge in [0.05, 0.1) is 23.7 Å². The Morgan fingerprint density at radius 1 is 1.30 bits per heavy atom. The number of methoxy groups -OCH3 is 1. The lowest BCUT2D eigenvalue weighted by atomic mass is 10.0. The monoisotopic (exact) mass is 326 g/mol. The Kier molecular flexibility index (Phi) is 4.75. The van der Waals surface area contributed by atoms with E-state index in [0.29, 0.717) is 19.0 Å². The van der Waals surface area contributed by atoms with Crippen LogP contribution in [0.1, 0.15) is 19.8 Å². The van der Waals surface area contributed by atoms with E-state index in [-0.39, 0.29) is 11.5 Å². The SMILES string of the molecule is COC1CS(=O)(=O)CC1NS(=O)(=O)N1CCCC(C)C1. The third kappa shape index (κ3) is 3.70. The Labute approximate surface area is 120 Å². The number of sulfone groups is 1. The van der Waals surface area contributed by atoms with E-state index in [4.69, 9.17) is 4.74 Å². The minimum Gasteiger partial charge on any atom is -0.379 e. The first-order valence-corrected chi connectivity index (χ1v) is 10.0. The highest BCUT2D eigenvalue weighted by molar-refractivity contribution is 7.92. The quantitative estimate of drug-likeness (QED) is 0.742. The normalized spacial score (nSPS) is 35.2. The van der Waals surface area contributed by atoms with Gasteiger partial charge in [-0.1, -0.05) is 6.92 Å². The molecule has 1 N–H and O–H groups in total. The van der Waals surface area contributed by atoms with E-state index in [1.54, 1.807) is 0 Å². The molecule has 118 valence electrons. The fraction of sp³-hybridized carbons (Fsp3) is 1.00. The Morgan fingerprint density at radius 3 is 2.60 bits per heavy atom. The van der Waals surface area contributed by atoms with Crippen molar-refractivity contribution in [3.8, 4) is 0 Å². The van der Waals surface area contributed by atoms with E-state index in [0.717, 1.165) is 12.8 Å². The van der Waals surface area contributed by atoms with Gasteiger partial charge in [0.15, 0.2) is 9.84 Å². The summed E-state index contributed by atoms with van der Waals surface area (Å²) in [5.41, 5.74) is 0. The molecule has 0 aromatic heterocycles. The van der Waals surface area contributed by atoms with Gasteiger partial charge >= 0.3 is 0 Å². The van der Waals surface area contributed by atoms with Crippen LogP contribution in [0, 0.1) is 5.92 Å². The summed E-state index contributed by atoms with van der Waals surface area (Å²) >= 11 is 0. The Bertz CT molecular complexity index is 545. The first-order valence-electron chi connectivity index (χ1n) is 6.74. The van der Waals surface area contributed by atoms with Gasteiger partial charge in [-0.3, -0.25) is 0 Å². The fourth-order valence-electron chi connectivity index (χ4n) is 2.79. The van der Waals surface area contributed by atoms with Gasteiger partial charge in [0.25, 0.3) is 10.2 Å². The standard InChI is InChI=1S/C11H22N2O5S2/c1-9-4-3-5-13(6-9)20(16,17)12-10-7-19(14,15)8-11(10)18-2/h9-12H,3-8H2,1-2H3. The molecule has 0 saturated carbocycles. The van der Waals surface area contributed by atoms with Crippen LogP contribution in [0.25, 0.3) is 0 Å². The van der Waals surface area contributed by atoms with Gasteiger partial charge in [-0.15, -0.1) is 0 Å². The maximum atomic E-state index is 12.3. The van der Waals surface area contributed by atoms with Crippen molar-refractivity contribution in [3.63, 3.8) is 0 Å². The van der Waals surface area contributed by atoms with Crippen molar-refractivity contribution in [2.75, 3.05) is 31.7 Å². The van der Waals surface area contributed by atoms with Crippen molar-refractivity contribution in [2.45, 2.75) is 31.9 Å². The van der Waals surface area contributed by atoms with Crippen LogP contribution in [0.3, 0.4) is 0 Å². The highest BCUT2D eigenvalue weighted by atomic mass is 32.2. The van der Waals surface area contributed by atoms with Crippen LogP contribution in [0.5, 0.6) is 0 Å². The summed E-state index contributed by atoms with van der Waals surface area (Å²) in [4.78, 5) is 0. The van der Waals surface area contributed by atoms with Crippen LogP contribution >= 0.6 is 0 Å². The van der Waals surface area contributed by atoms with Crippen LogP contribution < -0.4 is 4.72 Å². The number of hydrogen-bond donors (Lipinski definition) is 1. The minimum absolute atomic E-state index is 0.132. The van der Waals surface area contributed by atoms with Gasteiger partial charge in [-0.05, 0) is 18.8 Å². The van der Waals surface area contributed by atoms with Crippen molar-refractivity contribution in [3.05, 3.63) is 0 Å². The summed E-state index contributed by atoms with van der Waals surface area (Å²) in [5, 5.41) is 0. The molecule has 2 saturated heterocycles. The zero-order valence-electron chi connectivity index (χ0n) is 11.8. The molecule has 20 heavy (non-hydrogen) atoms. The lowest BCUT2D eigenvalue weighted by Crippen LogP contribution is -2.52. The van der Waals surface area contributed by atoms with E-state index in [1.165, 1.54) is 11.4 Å². The predicted octanol–water partition coefficient (Wildman–Crippen LogP) is -0.635. The molecular formula is C11H22N2O5S2. The van der Waals surface area contributed by atoms with Crippen molar-refractivity contribution >= 4 is 20.0 Å². The first kappa shape index (κ1) is 16.2. The van der Waals surface area contributed by atoms with Crippen molar-refractivity contribution in [2.24, 2.45) is 5.92 Å². The van der Waals surface area contributed by atoms with E-state index < -0.39 is 32.2 Å². The zero-order valence-corrected chi connectivity index (χ0v) is 13.4. The number of rotatable bonds is 4. The molecule has 0 spiro atoms. The molecule has 2 fully saturated rings. The first-order chi connectivity index (χ1) is 9.23. The lowest BCUT2D eigenvalue weighted by molar-refractivity contribution is 0.105. The van der Waals surface area contributed by atoms with Crippen LogP contribution in [0.15, 0.2) is 0 Å². The van der Waals surface area contributed by atoms with Crippen molar-refractivity contribution in [1.29, 1.82) is 0 Å². The second-order valence-corrected chi connectivity index (χ2v) is 9.54. The minimum atomic E-state index is -3.65. The van der Waals surface area contributed by atoms with E-state index >= 15 is 0 Å². The van der Waals surface area contributed by atoms with Crippen molar-refractivity contribution in [1.82, 2.24) is 9.03 Å². The maximum absolute atomic E-state index is 12.3. The van der Waals surface area contributed by atoms with Crippen LogP contribution in [0.2, 0.25) is 0 Å². The Hall–Kier alpha value is -0.220. The molecule has 0 amide bonds. The largest absolute Gasteiger partial charge is 0.379 e. The maximum Gasteiger partial charge on any atom is 0.279 e. The lowest BCUT2D eigenvalue weighted by Gasteiger charge is -2.31. The highest BCUT2D eigenvalue weighted by Crippen LogP contribution is 2.20. The van der Waals surface area contributed by atoms with Gasteiger partial charge in [0, 0.05) is 20.2 Å². The second kappa shape index (κ2) is 5.88. The predicted molar refractivity (Wildman–Crippen MR) is 75.3 cm³/mol. The molecule has 9 heteroatoms. The smallest absolute Gasteiger partial charge is 0.279 e. The van der Waals surface area contributed by atoms with Gasteiger partial charge in [-0.25, -0.2) is 8.42 Å².